The van der Waals surface area contributed by atoms with Crippen LogP contribution < -0.4 is 10.8 Å². The molecule has 4 N–H and O–H groups in total. The van der Waals surface area contributed by atoms with E-state index < -0.39 is 19.8 Å². The van der Waals surface area contributed by atoms with Gasteiger partial charge in [0.05, 0.1) is 25.6 Å². The first-order valence-corrected chi connectivity index (χ1v) is 13.8. The minimum atomic E-state index is -3.96. The summed E-state index contributed by atoms with van der Waals surface area (Å²) in [6.45, 7) is 4.88. The Bertz CT molecular complexity index is 1160. The van der Waals surface area contributed by atoms with Gasteiger partial charge >= 0.3 is 13.7 Å². The van der Waals surface area contributed by atoms with E-state index in [-0.39, 0.29) is 53.1 Å². The summed E-state index contributed by atoms with van der Waals surface area (Å²) in [6.07, 6.45) is 6.03. The van der Waals surface area contributed by atoms with Crippen LogP contribution in [0.5, 0.6) is 0 Å². The number of hydrogen-bond acceptors (Lipinski definition) is 10. The summed E-state index contributed by atoms with van der Waals surface area (Å²) in [5.41, 5.74) is 6.65. The summed E-state index contributed by atoms with van der Waals surface area (Å²) >= 11 is 7.16. The van der Waals surface area contributed by atoms with Gasteiger partial charge in [0.15, 0.2) is 15.9 Å². The molecular formula is C20H28ClN6O6PS. The molecule has 0 fully saturated rings. The second-order valence-electron chi connectivity index (χ2n) is 8.28. The number of nitrogens with two attached hydrogens (primary N) is 1. The van der Waals surface area contributed by atoms with Gasteiger partial charge in [-0.3, -0.25) is 18.6 Å². The molecule has 4 atom stereocenters. The van der Waals surface area contributed by atoms with Crippen molar-refractivity contribution in [2.24, 2.45) is 11.8 Å². The fourth-order valence-electron chi connectivity index (χ4n) is 3.29. The highest BCUT2D eigenvalue weighted by molar-refractivity contribution is 8.13. The Balaban J connectivity index is 1.61. The lowest BCUT2D eigenvalue weighted by Crippen LogP contribution is -2.33. The minimum Gasteiger partial charge on any atom is -0.480 e. The number of anilines is 1. The largest absolute Gasteiger partial charge is 0.480 e. The van der Waals surface area contributed by atoms with E-state index in [4.69, 9.17) is 26.4 Å². The van der Waals surface area contributed by atoms with Crippen LogP contribution in [0.4, 0.5) is 5.95 Å². The van der Waals surface area contributed by atoms with Crippen LogP contribution in [0.25, 0.3) is 11.2 Å². The first-order chi connectivity index (χ1) is 16.5. The van der Waals surface area contributed by atoms with Crippen molar-refractivity contribution in [3.05, 3.63) is 23.6 Å². The second kappa shape index (κ2) is 11.8. The number of halogens is 1. The van der Waals surface area contributed by atoms with E-state index in [1.807, 2.05) is 16.7 Å². The highest BCUT2D eigenvalue weighted by Gasteiger charge is 2.32. The van der Waals surface area contributed by atoms with Crippen molar-refractivity contribution in [1.82, 2.24) is 24.6 Å². The van der Waals surface area contributed by atoms with Gasteiger partial charge in [-0.1, -0.05) is 49.4 Å². The fourth-order valence-corrected chi connectivity index (χ4v) is 5.86. The summed E-state index contributed by atoms with van der Waals surface area (Å²) in [7, 11) is -3.96. The van der Waals surface area contributed by atoms with Crippen molar-refractivity contribution >= 4 is 59.3 Å². The normalized spacial score (nSPS) is 20.4. The summed E-state index contributed by atoms with van der Waals surface area (Å²) in [5, 5.41) is 11.8. The van der Waals surface area contributed by atoms with Crippen LogP contribution in [0.2, 0.25) is 5.15 Å². The molecule has 12 nitrogen and oxygen atoms in total. The molecule has 2 aromatic rings. The number of allylic oxidation sites excluding steroid dienone is 1. The molecule has 15 heteroatoms. The maximum absolute atomic E-state index is 13.2. The van der Waals surface area contributed by atoms with Crippen LogP contribution in [-0.2, 0) is 23.2 Å². The Labute approximate surface area is 211 Å². The number of hydrogen-bond donors (Lipinski definition) is 3. The van der Waals surface area contributed by atoms with Gasteiger partial charge in [0.2, 0.25) is 5.95 Å². The van der Waals surface area contributed by atoms with Crippen molar-refractivity contribution < 1.29 is 28.3 Å². The van der Waals surface area contributed by atoms with Crippen LogP contribution >= 0.6 is 31.1 Å². The molecule has 2 heterocycles. The van der Waals surface area contributed by atoms with Gasteiger partial charge in [-0.05, 0) is 13.3 Å². The molecule has 1 aliphatic rings. The summed E-state index contributed by atoms with van der Waals surface area (Å²) in [5.74, 6) is -1.17. The zero-order valence-corrected chi connectivity index (χ0v) is 21.9. The molecular weight excluding hydrogens is 519 g/mol. The number of carbonyl (C=O) groups excluding carboxylic acids is 1. The van der Waals surface area contributed by atoms with E-state index in [1.54, 1.807) is 20.2 Å². The highest BCUT2D eigenvalue weighted by atomic mass is 35.5. The molecule has 0 aromatic carbocycles. The number of aliphatic carboxylic acids is 1. The number of aromatic nitrogens is 4. The number of nitrogens with one attached hydrogen (secondary N) is 1. The first kappa shape index (κ1) is 27.6. The van der Waals surface area contributed by atoms with Gasteiger partial charge in [0.25, 0.3) is 0 Å². The Morgan fingerprint density at radius 2 is 2.09 bits per heavy atom. The van der Waals surface area contributed by atoms with E-state index in [9.17, 15) is 19.3 Å². The van der Waals surface area contributed by atoms with E-state index in [0.717, 1.165) is 11.8 Å². The van der Waals surface area contributed by atoms with Crippen molar-refractivity contribution in [2.45, 2.75) is 39.3 Å². The number of fused-ring (bicyclic) bond motifs is 1. The maximum atomic E-state index is 13.2. The number of nitrogen functional groups attached to an aromatic ring is 1. The quantitative estimate of drug-likeness (QED) is 0.154. The molecule has 2 aromatic heterocycles. The Hall–Kier alpha value is -2.02. The lowest BCUT2D eigenvalue weighted by molar-refractivity contribution is -0.138. The van der Waals surface area contributed by atoms with Gasteiger partial charge in [-0.25, -0.2) is 14.6 Å². The van der Waals surface area contributed by atoms with Crippen molar-refractivity contribution in [1.29, 1.82) is 0 Å². The average Bonchev–Trinajstić information content (AvgIpc) is 3.42. The third kappa shape index (κ3) is 7.25. The predicted molar refractivity (Wildman–Crippen MR) is 133 cm³/mol. The van der Waals surface area contributed by atoms with E-state index in [1.165, 1.54) is 6.92 Å². The molecule has 3 rings (SSSR count). The number of nitrogens with zero attached hydrogens (tertiary/aromatic N) is 4. The Morgan fingerprint density at radius 1 is 1.34 bits per heavy atom. The molecule has 0 spiro atoms. The molecule has 0 saturated heterocycles. The van der Waals surface area contributed by atoms with Crippen molar-refractivity contribution in [3.63, 3.8) is 0 Å². The smallest absolute Gasteiger partial charge is 0.406 e. The SMILES string of the molecule is CC(C)C(=O)SCCOP(=O)(N[C@@H](C)C(=O)O)OC[C@@H]1C=C[C@H](n2cnc3c(Cl)nc(N)nc32)C1. The Morgan fingerprint density at radius 3 is 2.77 bits per heavy atom. The molecule has 192 valence electrons. The molecule has 0 amide bonds. The summed E-state index contributed by atoms with van der Waals surface area (Å²) < 4.78 is 26.1. The van der Waals surface area contributed by atoms with Gasteiger partial charge in [0.1, 0.15) is 11.6 Å². The van der Waals surface area contributed by atoms with Crippen LogP contribution in [0, 0.1) is 11.8 Å². The number of imidazole rings is 1. The second-order valence-corrected chi connectivity index (χ2v) is 11.5. The molecule has 1 unspecified atom stereocenters. The molecule has 35 heavy (non-hydrogen) atoms. The fraction of sp³-hybridized carbons (Fsp3) is 0.550. The number of carboxylic acids is 1. The van der Waals surface area contributed by atoms with Gasteiger partial charge in [-0.15, -0.1) is 0 Å². The first-order valence-electron chi connectivity index (χ1n) is 10.9. The average molecular weight is 547 g/mol. The van der Waals surface area contributed by atoms with Crippen molar-refractivity contribution in [3.8, 4) is 0 Å². The Kier molecular flexibility index (Phi) is 9.30. The van der Waals surface area contributed by atoms with E-state index >= 15 is 0 Å². The summed E-state index contributed by atoms with van der Waals surface area (Å²) in [4.78, 5) is 35.4. The van der Waals surface area contributed by atoms with Gasteiger partial charge in [0, 0.05) is 17.6 Å². The van der Waals surface area contributed by atoms with E-state index in [2.05, 4.69) is 20.0 Å². The minimum absolute atomic E-state index is 0.0151. The summed E-state index contributed by atoms with van der Waals surface area (Å²) in [6, 6.07) is -1.28. The lowest BCUT2D eigenvalue weighted by atomic mass is 10.1. The zero-order chi connectivity index (χ0) is 25.8. The van der Waals surface area contributed by atoms with E-state index in [0.29, 0.717) is 17.6 Å². The molecule has 0 radical (unpaired) electrons. The standard InChI is InChI=1S/C20H28ClN6O6PS/c1-11(2)19(30)35-7-6-32-34(31,26-12(3)18(28)29)33-9-13-4-5-14(8-13)27-10-23-15-16(21)24-20(22)25-17(15)27/h4-5,10-14H,6-9H2,1-3H3,(H,26,31)(H,28,29)(H2,22,24,25)/t12-,13+,14-,34?/m0/s1. The monoisotopic (exact) mass is 546 g/mol. The molecule has 0 bridgehead atoms. The molecule has 1 aliphatic carbocycles. The topological polar surface area (TPSA) is 172 Å². The van der Waals surface area contributed by atoms with Crippen molar-refractivity contribution in [2.75, 3.05) is 24.7 Å². The molecule has 0 saturated carbocycles. The van der Waals surface area contributed by atoms with Crippen LogP contribution in [0.15, 0.2) is 18.5 Å². The highest BCUT2D eigenvalue weighted by Crippen LogP contribution is 2.46. The van der Waals surface area contributed by atoms with Crippen LogP contribution in [0.3, 0.4) is 0 Å². The third-order valence-electron chi connectivity index (χ3n) is 5.14. The third-order valence-corrected chi connectivity index (χ3v) is 8.25. The van der Waals surface area contributed by atoms with Gasteiger partial charge in [-0.2, -0.15) is 9.97 Å². The van der Waals surface area contributed by atoms with Crippen LogP contribution in [-0.4, -0.2) is 60.7 Å². The maximum Gasteiger partial charge on any atom is 0.406 e. The molecule has 0 aliphatic heterocycles. The van der Waals surface area contributed by atoms with Crippen LogP contribution in [0.1, 0.15) is 33.2 Å². The van der Waals surface area contributed by atoms with Gasteiger partial charge < -0.3 is 15.4 Å². The number of thioether (sulfide) groups is 1. The lowest BCUT2D eigenvalue weighted by Gasteiger charge is -2.23. The number of carboxylic acid groups (broad SMARTS) is 1. The zero-order valence-electron chi connectivity index (χ0n) is 19.5. The predicted octanol–water partition coefficient (Wildman–Crippen LogP) is 3.30. The number of rotatable bonds is 12. The number of carbonyl (C=O) groups is 2.